The predicted octanol–water partition coefficient (Wildman–Crippen LogP) is 5.37. The van der Waals surface area contributed by atoms with Crippen LogP contribution in [0.3, 0.4) is 0 Å². The zero-order valence-electron chi connectivity index (χ0n) is 15.8. The van der Waals surface area contributed by atoms with Crippen LogP contribution < -0.4 is 5.32 Å². The van der Waals surface area contributed by atoms with Gasteiger partial charge in [-0.05, 0) is 67.1 Å². The van der Waals surface area contributed by atoms with E-state index in [9.17, 15) is 0 Å². The Hall–Kier alpha value is -1.02. The van der Waals surface area contributed by atoms with E-state index >= 15 is 0 Å². The maximum absolute atomic E-state index is 8.94. The average molecular weight is 320 g/mol. The molecule has 0 radical (unpaired) electrons. The van der Waals surface area contributed by atoms with Crippen molar-refractivity contribution in [3.63, 3.8) is 0 Å². The number of benzene rings is 1. The first-order valence-electron chi connectivity index (χ1n) is 9.34. The highest BCUT2D eigenvalue weighted by atomic mass is 16.2. The molecule has 0 fully saturated rings. The Balaban J connectivity index is 2.28. The average Bonchev–Trinajstić information content (AvgIpc) is 2.45. The van der Waals surface area contributed by atoms with Crippen molar-refractivity contribution >= 4 is 5.69 Å². The fourth-order valence-corrected chi connectivity index (χ4v) is 3.66. The largest absolute Gasteiger partial charge is 0.396 e. The lowest BCUT2D eigenvalue weighted by Gasteiger charge is -2.22. The highest BCUT2D eigenvalue weighted by molar-refractivity contribution is 5.44. The van der Waals surface area contributed by atoms with Gasteiger partial charge in [0.2, 0.25) is 0 Å². The van der Waals surface area contributed by atoms with Crippen molar-refractivity contribution in [2.24, 2.45) is 23.7 Å². The van der Waals surface area contributed by atoms with E-state index in [2.05, 4.69) is 64.2 Å². The van der Waals surface area contributed by atoms with E-state index in [1.165, 1.54) is 30.5 Å². The standard InChI is InChI=1S/C21H37NO/c1-16(2)12-17(3)13-18(4)14-19(5)15-22-21-8-6-20(7-9-21)10-11-23/h6-9,16-19,22-23H,10-15H2,1-5H3. The molecule has 0 aromatic heterocycles. The second kappa shape index (κ2) is 10.7. The number of aliphatic hydroxyl groups excluding tert-OH is 1. The summed E-state index contributed by atoms with van der Waals surface area (Å²) >= 11 is 0. The molecule has 0 amide bonds. The van der Waals surface area contributed by atoms with E-state index in [4.69, 9.17) is 5.11 Å². The Kier molecular flexibility index (Phi) is 9.31. The summed E-state index contributed by atoms with van der Waals surface area (Å²) in [4.78, 5) is 0. The Morgan fingerprint density at radius 2 is 1.39 bits per heavy atom. The summed E-state index contributed by atoms with van der Waals surface area (Å²) in [6.45, 7) is 13.0. The molecular weight excluding hydrogens is 282 g/mol. The summed E-state index contributed by atoms with van der Waals surface area (Å²) in [5, 5.41) is 12.5. The summed E-state index contributed by atoms with van der Waals surface area (Å²) in [5.41, 5.74) is 2.37. The summed E-state index contributed by atoms with van der Waals surface area (Å²) < 4.78 is 0. The number of anilines is 1. The minimum atomic E-state index is 0.219. The second-order valence-corrected chi connectivity index (χ2v) is 7.97. The number of rotatable bonds is 11. The fraction of sp³-hybridized carbons (Fsp3) is 0.714. The minimum Gasteiger partial charge on any atom is -0.396 e. The van der Waals surface area contributed by atoms with Gasteiger partial charge in [-0.25, -0.2) is 0 Å². The number of hydrogen-bond acceptors (Lipinski definition) is 2. The molecule has 1 aromatic carbocycles. The molecule has 0 saturated heterocycles. The summed E-state index contributed by atoms with van der Waals surface area (Å²) in [6, 6.07) is 8.43. The van der Waals surface area contributed by atoms with Crippen LogP contribution in [0.15, 0.2) is 24.3 Å². The third-order valence-corrected chi connectivity index (χ3v) is 4.49. The molecule has 2 nitrogen and oxygen atoms in total. The smallest absolute Gasteiger partial charge is 0.0471 e. The van der Waals surface area contributed by atoms with E-state index < -0.39 is 0 Å². The van der Waals surface area contributed by atoms with Crippen LogP contribution >= 0.6 is 0 Å². The molecule has 2 heteroatoms. The summed E-state index contributed by atoms with van der Waals surface area (Å²) in [7, 11) is 0. The predicted molar refractivity (Wildman–Crippen MR) is 102 cm³/mol. The fourth-order valence-electron chi connectivity index (χ4n) is 3.66. The lowest BCUT2D eigenvalue weighted by molar-refractivity contribution is 0.299. The third kappa shape index (κ3) is 9.00. The molecule has 3 atom stereocenters. The molecular formula is C21H37NO. The second-order valence-electron chi connectivity index (χ2n) is 7.97. The van der Waals surface area contributed by atoms with Gasteiger partial charge < -0.3 is 10.4 Å². The third-order valence-electron chi connectivity index (χ3n) is 4.49. The van der Waals surface area contributed by atoms with Gasteiger partial charge >= 0.3 is 0 Å². The van der Waals surface area contributed by atoms with Crippen LogP contribution in [0.4, 0.5) is 5.69 Å². The molecule has 0 saturated carbocycles. The molecule has 0 heterocycles. The molecule has 1 rings (SSSR count). The van der Waals surface area contributed by atoms with Crippen molar-refractivity contribution in [3.05, 3.63) is 29.8 Å². The zero-order chi connectivity index (χ0) is 17.2. The van der Waals surface area contributed by atoms with Gasteiger partial charge in [-0.3, -0.25) is 0 Å². The first kappa shape index (κ1) is 20.0. The normalized spacial score (nSPS) is 15.4. The maximum Gasteiger partial charge on any atom is 0.0471 e. The van der Waals surface area contributed by atoms with Crippen molar-refractivity contribution in [1.29, 1.82) is 0 Å². The van der Waals surface area contributed by atoms with Crippen LogP contribution in [-0.2, 0) is 6.42 Å². The van der Waals surface area contributed by atoms with Gasteiger partial charge in [0.25, 0.3) is 0 Å². The van der Waals surface area contributed by atoms with Crippen molar-refractivity contribution in [1.82, 2.24) is 0 Å². The van der Waals surface area contributed by atoms with Crippen molar-refractivity contribution in [2.75, 3.05) is 18.5 Å². The topological polar surface area (TPSA) is 32.3 Å². The quantitative estimate of drug-likeness (QED) is 0.575. The monoisotopic (exact) mass is 319 g/mol. The highest BCUT2D eigenvalue weighted by Gasteiger charge is 2.13. The van der Waals surface area contributed by atoms with Gasteiger partial charge in [0.05, 0.1) is 0 Å². The van der Waals surface area contributed by atoms with E-state index in [-0.39, 0.29) is 6.61 Å². The van der Waals surface area contributed by atoms with Crippen molar-refractivity contribution in [3.8, 4) is 0 Å². The van der Waals surface area contributed by atoms with Crippen LogP contribution in [0, 0.1) is 23.7 Å². The molecule has 23 heavy (non-hydrogen) atoms. The van der Waals surface area contributed by atoms with Gasteiger partial charge in [-0.15, -0.1) is 0 Å². The maximum atomic E-state index is 8.94. The van der Waals surface area contributed by atoms with Crippen LogP contribution in [0.5, 0.6) is 0 Å². The summed E-state index contributed by atoms with van der Waals surface area (Å²) in [6.07, 6.45) is 4.72. The molecule has 0 aliphatic rings. The first-order valence-corrected chi connectivity index (χ1v) is 9.34. The lowest BCUT2D eigenvalue weighted by Crippen LogP contribution is -2.16. The molecule has 0 bridgehead atoms. The Morgan fingerprint density at radius 3 is 1.96 bits per heavy atom. The minimum absolute atomic E-state index is 0.219. The van der Waals surface area contributed by atoms with Crippen LogP contribution in [0.1, 0.15) is 59.4 Å². The molecule has 0 aliphatic heterocycles. The van der Waals surface area contributed by atoms with Crippen LogP contribution in [0.2, 0.25) is 0 Å². The van der Waals surface area contributed by atoms with Gasteiger partial charge in [-0.2, -0.15) is 0 Å². The molecule has 0 spiro atoms. The zero-order valence-corrected chi connectivity index (χ0v) is 15.8. The molecule has 132 valence electrons. The highest BCUT2D eigenvalue weighted by Crippen LogP contribution is 2.24. The van der Waals surface area contributed by atoms with Gasteiger partial charge in [0.15, 0.2) is 0 Å². The first-order chi connectivity index (χ1) is 10.9. The SMILES string of the molecule is CC(C)CC(C)CC(C)CC(C)CNc1ccc(CCO)cc1. The lowest BCUT2D eigenvalue weighted by atomic mass is 9.86. The number of aliphatic hydroxyl groups is 1. The van der Waals surface area contributed by atoms with Crippen LogP contribution in [-0.4, -0.2) is 18.3 Å². The number of nitrogens with one attached hydrogen (secondary N) is 1. The van der Waals surface area contributed by atoms with E-state index in [0.29, 0.717) is 5.92 Å². The van der Waals surface area contributed by atoms with Crippen LogP contribution in [0.25, 0.3) is 0 Å². The molecule has 2 N–H and O–H groups in total. The number of hydrogen-bond donors (Lipinski definition) is 2. The van der Waals surface area contributed by atoms with E-state index in [1.54, 1.807) is 0 Å². The van der Waals surface area contributed by atoms with E-state index in [0.717, 1.165) is 30.7 Å². The van der Waals surface area contributed by atoms with Gasteiger partial charge in [0, 0.05) is 18.8 Å². The molecule has 0 aliphatic carbocycles. The molecule has 1 aromatic rings. The molecule has 3 unspecified atom stereocenters. The Bertz CT molecular complexity index is 412. The Labute approximate surface area is 143 Å². The van der Waals surface area contributed by atoms with Crippen molar-refractivity contribution < 1.29 is 5.11 Å². The van der Waals surface area contributed by atoms with Gasteiger partial charge in [-0.1, -0.05) is 46.8 Å². The summed E-state index contributed by atoms with van der Waals surface area (Å²) in [5.74, 6) is 3.13. The van der Waals surface area contributed by atoms with Gasteiger partial charge in [0.1, 0.15) is 0 Å². The van der Waals surface area contributed by atoms with E-state index in [1.807, 2.05) is 0 Å². The van der Waals surface area contributed by atoms with Crippen molar-refractivity contribution in [2.45, 2.75) is 60.3 Å². The Morgan fingerprint density at radius 1 is 0.826 bits per heavy atom.